The van der Waals surface area contributed by atoms with E-state index in [2.05, 4.69) is 10.3 Å². The van der Waals surface area contributed by atoms with Crippen LogP contribution in [0.2, 0.25) is 0 Å². The smallest absolute Gasteiger partial charge is 0.416 e. The zero-order valence-corrected chi connectivity index (χ0v) is 19.6. The normalized spacial score (nSPS) is 14.0. The number of fused-ring (bicyclic) bond motifs is 2. The number of alkyl halides is 3. The van der Waals surface area contributed by atoms with Crippen molar-refractivity contribution in [3.63, 3.8) is 0 Å². The van der Waals surface area contributed by atoms with Gasteiger partial charge < -0.3 is 14.8 Å². The fourth-order valence-corrected chi connectivity index (χ4v) is 5.06. The number of anilines is 1. The van der Waals surface area contributed by atoms with E-state index in [0.717, 1.165) is 48.8 Å². The molecule has 0 aliphatic carbocycles. The average molecular weight is 496 g/mol. The van der Waals surface area contributed by atoms with Gasteiger partial charge in [-0.15, -0.1) is 11.3 Å². The predicted octanol–water partition coefficient (Wildman–Crippen LogP) is 4.79. The quantitative estimate of drug-likeness (QED) is 0.498. The molecule has 11 heteroatoms. The van der Waals surface area contributed by atoms with Gasteiger partial charge in [0.25, 0.3) is 11.5 Å². The summed E-state index contributed by atoms with van der Waals surface area (Å²) in [5.41, 5.74) is -0.757. The van der Waals surface area contributed by atoms with Crippen LogP contribution in [0.25, 0.3) is 10.2 Å². The topological polar surface area (TPSA) is 82.4 Å². The highest BCUT2D eigenvalue weighted by Crippen LogP contribution is 2.36. The van der Waals surface area contributed by atoms with E-state index in [0.29, 0.717) is 34.6 Å². The lowest BCUT2D eigenvalue weighted by atomic mass is 10.1. The summed E-state index contributed by atoms with van der Waals surface area (Å²) in [6, 6.07) is 2.88. The van der Waals surface area contributed by atoms with E-state index < -0.39 is 17.6 Å². The molecule has 1 aliphatic heterocycles. The summed E-state index contributed by atoms with van der Waals surface area (Å²) in [4.78, 5) is 31.6. The number of amides is 1. The van der Waals surface area contributed by atoms with Gasteiger partial charge in [0.15, 0.2) is 0 Å². The minimum Gasteiger partial charge on any atom is -0.489 e. The predicted molar refractivity (Wildman–Crippen MR) is 123 cm³/mol. The molecule has 0 bridgehead atoms. The van der Waals surface area contributed by atoms with Gasteiger partial charge in [-0.05, 0) is 43.5 Å². The number of nitrogens with zero attached hydrogens (tertiary/aromatic N) is 2. The Balaban J connectivity index is 1.71. The highest BCUT2D eigenvalue weighted by atomic mass is 32.1. The molecule has 3 heterocycles. The van der Waals surface area contributed by atoms with Crippen molar-refractivity contribution in [2.24, 2.45) is 0 Å². The van der Waals surface area contributed by atoms with Crippen molar-refractivity contribution >= 4 is 33.1 Å². The Hall–Kier alpha value is -2.92. The maximum atomic E-state index is 13.3. The number of aryl methyl sites for hydroxylation is 2. The van der Waals surface area contributed by atoms with Gasteiger partial charge in [-0.3, -0.25) is 14.2 Å². The largest absolute Gasteiger partial charge is 0.489 e. The highest BCUT2D eigenvalue weighted by molar-refractivity contribution is 7.20. The molecule has 0 saturated heterocycles. The summed E-state index contributed by atoms with van der Waals surface area (Å²) >= 11 is 1.06. The molecule has 1 aliphatic rings. The molecule has 0 fully saturated rings. The van der Waals surface area contributed by atoms with Gasteiger partial charge in [0, 0.05) is 20.1 Å². The van der Waals surface area contributed by atoms with Crippen LogP contribution in [0, 0.1) is 6.92 Å². The van der Waals surface area contributed by atoms with E-state index in [1.807, 2.05) is 0 Å². The lowest BCUT2D eigenvalue weighted by Crippen LogP contribution is -2.24. The van der Waals surface area contributed by atoms with Crippen LogP contribution in [-0.2, 0) is 23.9 Å². The third kappa shape index (κ3) is 4.80. The summed E-state index contributed by atoms with van der Waals surface area (Å²) in [6.45, 7) is 2.56. The fraction of sp³-hybridized carbons (Fsp3) is 0.435. The first-order valence-corrected chi connectivity index (χ1v) is 11.7. The van der Waals surface area contributed by atoms with E-state index in [9.17, 15) is 22.8 Å². The Morgan fingerprint density at radius 1 is 1.24 bits per heavy atom. The fourth-order valence-electron chi connectivity index (χ4n) is 3.97. The van der Waals surface area contributed by atoms with Crippen molar-refractivity contribution in [3.8, 4) is 5.75 Å². The second-order valence-electron chi connectivity index (χ2n) is 8.04. The number of rotatable bonds is 6. The zero-order chi connectivity index (χ0) is 24.5. The van der Waals surface area contributed by atoms with Gasteiger partial charge >= 0.3 is 6.18 Å². The number of methoxy groups -OCH3 is 1. The molecule has 7 nitrogen and oxygen atoms in total. The number of halogens is 3. The molecule has 1 N–H and O–H groups in total. The second kappa shape index (κ2) is 9.75. The standard InChI is InChI=1S/C23H24F3N3O4S/c1-13-18-21(28-17-6-4-3-5-9-29(17)22(18)31)34-19(13)20(30)27-15-12-14(23(24,25)26)7-8-16(15)33-11-10-32-2/h7-8,12H,3-6,9-11H2,1-2H3,(H,27,30). The van der Waals surface area contributed by atoms with Gasteiger partial charge in [0.1, 0.15) is 23.0 Å². The molecule has 0 spiro atoms. The molecule has 0 atom stereocenters. The first-order chi connectivity index (χ1) is 16.2. The SMILES string of the molecule is COCCOc1ccc(C(F)(F)F)cc1NC(=O)c1sc2nc3n(c(=O)c2c1C)CCCCC3. The van der Waals surface area contributed by atoms with Crippen molar-refractivity contribution in [2.45, 2.75) is 45.3 Å². The Bertz CT molecular complexity index is 1280. The molecule has 3 aromatic rings. The molecular weight excluding hydrogens is 471 g/mol. The zero-order valence-electron chi connectivity index (χ0n) is 18.8. The maximum absolute atomic E-state index is 13.3. The van der Waals surface area contributed by atoms with Gasteiger partial charge in [-0.25, -0.2) is 4.98 Å². The van der Waals surface area contributed by atoms with E-state index in [1.54, 1.807) is 11.5 Å². The molecule has 0 unspecified atom stereocenters. The van der Waals surface area contributed by atoms with E-state index >= 15 is 0 Å². The van der Waals surface area contributed by atoms with Gasteiger partial charge in [0.05, 0.1) is 28.1 Å². The first kappa shape index (κ1) is 24.2. The summed E-state index contributed by atoms with van der Waals surface area (Å²) in [7, 11) is 1.47. The van der Waals surface area contributed by atoms with Crippen molar-refractivity contribution in [1.82, 2.24) is 9.55 Å². The van der Waals surface area contributed by atoms with Crippen molar-refractivity contribution in [2.75, 3.05) is 25.6 Å². The minimum absolute atomic E-state index is 0.0853. The van der Waals surface area contributed by atoms with Crippen LogP contribution in [0.5, 0.6) is 5.75 Å². The van der Waals surface area contributed by atoms with Crippen LogP contribution in [0.1, 0.15) is 45.9 Å². The van der Waals surface area contributed by atoms with E-state index in [-0.39, 0.29) is 35.1 Å². The second-order valence-corrected chi connectivity index (χ2v) is 9.03. The number of thiophene rings is 1. The first-order valence-electron chi connectivity index (χ1n) is 10.9. The molecule has 1 aromatic carbocycles. The molecule has 0 radical (unpaired) electrons. The van der Waals surface area contributed by atoms with Crippen LogP contribution in [0.3, 0.4) is 0 Å². The summed E-state index contributed by atoms with van der Waals surface area (Å²) in [5.74, 6) is 0.160. The molecule has 182 valence electrons. The van der Waals surface area contributed by atoms with Crippen LogP contribution in [0.15, 0.2) is 23.0 Å². The van der Waals surface area contributed by atoms with Crippen LogP contribution < -0.4 is 15.6 Å². The molecule has 0 saturated carbocycles. The Morgan fingerprint density at radius 3 is 2.76 bits per heavy atom. The van der Waals surface area contributed by atoms with Crippen molar-refractivity contribution in [3.05, 3.63) is 50.4 Å². The summed E-state index contributed by atoms with van der Waals surface area (Å²) < 4.78 is 51.9. The number of ether oxygens (including phenoxy) is 2. The van der Waals surface area contributed by atoms with Gasteiger partial charge in [-0.1, -0.05) is 6.42 Å². The molecule has 2 aromatic heterocycles. The Labute approximate surface area is 197 Å². The Morgan fingerprint density at radius 2 is 2.03 bits per heavy atom. The minimum atomic E-state index is -4.59. The highest BCUT2D eigenvalue weighted by Gasteiger charge is 2.32. The van der Waals surface area contributed by atoms with Gasteiger partial charge in [-0.2, -0.15) is 13.2 Å². The molecular formula is C23H24F3N3O4S. The van der Waals surface area contributed by atoms with E-state index in [1.165, 1.54) is 7.11 Å². The van der Waals surface area contributed by atoms with Crippen molar-refractivity contribution < 1.29 is 27.4 Å². The van der Waals surface area contributed by atoms with Crippen LogP contribution in [0.4, 0.5) is 18.9 Å². The summed E-state index contributed by atoms with van der Waals surface area (Å²) in [5, 5.41) is 2.91. The van der Waals surface area contributed by atoms with Gasteiger partial charge in [0.2, 0.25) is 0 Å². The third-order valence-electron chi connectivity index (χ3n) is 5.72. The number of benzene rings is 1. The third-order valence-corrected chi connectivity index (χ3v) is 6.90. The number of carbonyl (C=O) groups is 1. The van der Waals surface area contributed by atoms with E-state index in [4.69, 9.17) is 9.47 Å². The lowest BCUT2D eigenvalue weighted by Gasteiger charge is -2.15. The van der Waals surface area contributed by atoms with Crippen LogP contribution >= 0.6 is 11.3 Å². The molecule has 1 amide bonds. The molecule has 34 heavy (non-hydrogen) atoms. The number of hydrogen-bond acceptors (Lipinski definition) is 6. The van der Waals surface area contributed by atoms with Crippen molar-refractivity contribution in [1.29, 1.82) is 0 Å². The number of hydrogen-bond donors (Lipinski definition) is 1. The van der Waals surface area contributed by atoms with Crippen LogP contribution in [-0.4, -0.2) is 35.8 Å². The Kier molecular flexibility index (Phi) is 6.94. The maximum Gasteiger partial charge on any atom is 0.416 e. The number of nitrogens with one attached hydrogen (secondary N) is 1. The monoisotopic (exact) mass is 495 g/mol. The summed E-state index contributed by atoms with van der Waals surface area (Å²) in [6.07, 6.45) is -1.05. The number of aromatic nitrogens is 2. The molecule has 4 rings (SSSR count). The number of carbonyl (C=O) groups excluding carboxylic acids is 1. The average Bonchev–Trinajstić information content (AvgIpc) is 2.94. The lowest BCUT2D eigenvalue weighted by molar-refractivity contribution is -0.137.